The highest BCUT2D eigenvalue weighted by Gasteiger charge is 2.24. The average molecular weight is 257 g/mol. The summed E-state index contributed by atoms with van der Waals surface area (Å²) in [6.45, 7) is 1.61. The van der Waals surface area contributed by atoms with Crippen LogP contribution in [-0.2, 0) is 0 Å². The second-order valence-corrected chi connectivity index (χ2v) is 5.18. The Hall–Kier alpha value is -1.86. The summed E-state index contributed by atoms with van der Waals surface area (Å²) >= 11 is 0. The first-order chi connectivity index (χ1) is 9.11. The molecule has 0 aliphatic carbocycles. The number of benzene rings is 1. The van der Waals surface area contributed by atoms with Crippen LogP contribution in [0.15, 0.2) is 24.3 Å². The Balaban J connectivity index is 1.99. The third-order valence-corrected chi connectivity index (χ3v) is 3.74. The molecule has 0 spiro atoms. The minimum absolute atomic E-state index is 0.0710. The summed E-state index contributed by atoms with van der Waals surface area (Å²) < 4.78 is 0. The number of piperidine rings is 1. The summed E-state index contributed by atoms with van der Waals surface area (Å²) in [7, 11) is 4.17. The standard InChI is InChI=1S/C15H19N3O/c1-17(2)14-7-9-18(10-8-14)15(19)13-5-3-12(11-16)4-6-13/h3-6,14H,7-10H2,1-2H3. The van der Waals surface area contributed by atoms with Crippen LogP contribution in [0.2, 0.25) is 0 Å². The predicted molar refractivity (Wildman–Crippen MR) is 73.8 cm³/mol. The summed E-state index contributed by atoms with van der Waals surface area (Å²) in [5, 5.41) is 8.75. The molecule has 0 unspecified atom stereocenters. The molecule has 0 atom stereocenters. The van der Waals surface area contributed by atoms with Crippen molar-refractivity contribution in [2.24, 2.45) is 0 Å². The Kier molecular flexibility index (Phi) is 4.18. The Morgan fingerprint density at radius 1 is 1.26 bits per heavy atom. The van der Waals surface area contributed by atoms with Crippen molar-refractivity contribution in [3.05, 3.63) is 35.4 Å². The smallest absolute Gasteiger partial charge is 0.253 e. The number of amides is 1. The number of likely N-dealkylation sites (tertiary alicyclic amines) is 1. The Morgan fingerprint density at radius 3 is 2.32 bits per heavy atom. The molecule has 4 heteroatoms. The molecule has 0 bridgehead atoms. The zero-order valence-electron chi connectivity index (χ0n) is 11.5. The van der Waals surface area contributed by atoms with E-state index in [-0.39, 0.29) is 5.91 Å². The topological polar surface area (TPSA) is 47.3 Å². The molecule has 1 aromatic carbocycles. The summed E-state index contributed by atoms with van der Waals surface area (Å²) in [4.78, 5) is 16.4. The van der Waals surface area contributed by atoms with Crippen LogP contribution in [0.5, 0.6) is 0 Å². The van der Waals surface area contributed by atoms with Gasteiger partial charge >= 0.3 is 0 Å². The van der Waals surface area contributed by atoms with Crippen molar-refractivity contribution >= 4 is 5.91 Å². The summed E-state index contributed by atoms with van der Waals surface area (Å²) in [5.74, 6) is 0.0710. The fourth-order valence-corrected chi connectivity index (χ4v) is 2.46. The fraction of sp³-hybridized carbons (Fsp3) is 0.467. The lowest BCUT2D eigenvalue weighted by Gasteiger charge is -2.35. The number of hydrogen-bond acceptors (Lipinski definition) is 3. The molecule has 19 heavy (non-hydrogen) atoms. The van der Waals surface area contributed by atoms with E-state index >= 15 is 0 Å². The van der Waals surface area contributed by atoms with Gasteiger partial charge in [-0.2, -0.15) is 5.26 Å². The molecule has 100 valence electrons. The third kappa shape index (κ3) is 3.12. The zero-order valence-corrected chi connectivity index (χ0v) is 11.5. The quantitative estimate of drug-likeness (QED) is 0.810. The first kappa shape index (κ1) is 13.6. The minimum Gasteiger partial charge on any atom is -0.339 e. The summed E-state index contributed by atoms with van der Waals surface area (Å²) in [6.07, 6.45) is 2.05. The SMILES string of the molecule is CN(C)C1CCN(C(=O)c2ccc(C#N)cc2)CC1. The van der Waals surface area contributed by atoms with Crippen molar-refractivity contribution in [1.82, 2.24) is 9.80 Å². The molecule has 1 fully saturated rings. The van der Waals surface area contributed by atoms with Crippen LogP contribution in [0.4, 0.5) is 0 Å². The largest absolute Gasteiger partial charge is 0.339 e. The van der Waals surface area contributed by atoms with Gasteiger partial charge in [-0.15, -0.1) is 0 Å². The average Bonchev–Trinajstić information content (AvgIpc) is 2.46. The molecule has 1 aliphatic rings. The maximum absolute atomic E-state index is 12.3. The Morgan fingerprint density at radius 2 is 1.84 bits per heavy atom. The second-order valence-electron chi connectivity index (χ2n) is 5.18. The molecule has 1 amide bonds. The van der Waals surface area contributed by atoms with Crippen LogP contribution in [0.25, 0.3) is 0 Å². The summed E-state index contributed by atoms with van der Waals surface area (Å²) in [5.41, 5.74) is 1.25. The molecular formula is C15H19N3O. The van der Waals surface area contributed by atoms with Gasteiger partial charge in [-0.3, -0.25) is 4.79 Å². The Labute approximate surface area is 114 Å². The molecule has 1 heterocycles. The number of carbonyl (C=O) groups is 1. The van der Waals surface area contributed by atoms with Gasteiger partial charge in [-0.25, -0.2) is 0 Å². The number of nitrogens with zero attached hydrogens (tertiary/aromatic N) is 3. The molecule has 2 rings (SSSR count). The molecule has 1 aromatic rings. The van der Waals surface area contributed by atoms with Crippen molar-refractivity contribution in [3.63, 3.8) is 0 Å². The van der Waals surface area contributed by atoms with E-state index in [2.05, 4.69) is 25.1 Å². The van der Waals surface area contributed by atoms with Gasteiger partial charge in [0.05, 0.1) is 11.6 Å². The van der Waals surface area contributed by atoms with Gasteiger partial charge in [0.2, 0.25) is 0 Å². The van der Waals surface area contributed by atoms with Crippen LogP contribution < -0.4 is 0 Å². The number of nitriles is 1. The van der Waals surface area contributed by atoms with E-state index < -0.39 is 0 Å². The van der Waals surface area contributed by atoms with Gasteiger partial charge in [0.15, 0.2) is 0 Å². The Bertz CT molecular complexity index is 479. The van der Waals surface area contributed by atoms with E-state index in [1.54, 1.807) is 24.3 Å². The molecule has 0 aromatic heterocycles. The predicted octanol–water partition coefficient (Wildman–Crippen LogP) is 1.72. The highest BCUT2D eigenvalue weighted by molar-refractivity contribution is 5.94. The lowest BCUT2D eigenvalue weighted by Crippen LogP contribution is -2.44. The van der Waals surface area contributed by atoms with Crippen molar-refractivity contribution in [2.75, 3.05) is 27.2 Å². The van der Waals surface area contributed by atoms with Gasteiger partial charge in [0.25, 0.3) is 5.91 Å². The highest BCUT2D eigenvalue weighted by Crippen LogP contribution is 2.17. The van der Waals surface area contributed by atoms with Gasteiger partial charge in [0, 0.05) is 24.7 Å². The molecule has 1 saturated heterocycles. The van der Waals surface area contributed by atoms with Crippen molar-refractivity contribution < 1.29 is 4.79 Å². The summed E-state index contributed by atoms with van der Waals surface area (Å²) in [6, 6.07) is 9.49. The van der Waals surface area contributed by atoms with Gasteiger partial charge in [-0.05, 0) is 51.2 Å². The maximum atomic E-state index is 12.3. The van der Waals surface area contributed by atoms with Crippen LogP contribution in [0.1, 0.15) is 28.8 Å². The van der Waals surface area contributed by atoms with Gasteiger partial charge in [0.1, 0.15) is 0 Å². The van der Waals surface area contributed by atoms with E-state index in [4.69, 9.17) is 5.26 Å². The zero-order chi connectivity index (χ0) is 13.8. The van der Waals surface area contributed by atoms with E-state index in [1.165, 1.54) is 0 Å². The fourth-order valence-electron chi connectivity index (χ4n) is 2.46. The first-order valence-electron chi connectivity index (χ1n) is 6.57. The molecule has 0 N–H and O–H groups in total. The van der Waals surface area contributed by atoms with Crippen molar-refractivity contribution in [3.8, 4) is 6.07 Å². The van der Waals surface area contributed by atoms with E-state index in [9.17, 15) is 4.79 Å². The van der Waals surface area contributed by atoms with E-state index in [0.717, 1.165) is 25.9 Å². The highest BCUT2D eigenvalue weighted by atomic mass is 16.2. The first-order valence-corrected chi connectivity index (χ1v) is 6.57. The monoisotopic (exact) mass is 257 g/mol. The van der Waals surface area contributed by atoms with E-state index in [1.807, 2.05) is 4.90 Å². The van der Waals surface area contributed by atoms with Gasteiger partial charge in [-0.1, -0.05) is 0 Å². The van der Waals surface area contributed by atoms with Crippen LogP contribution in [0.3, 0.4) is 0 Å². The van der Waals surface area contributed by atoms with Crippen molar-refractivity contribution in [1.29, 1.82) is 5.26 Å². The molecule has 4 nitrogen and oxygen atoms in total. The molecule has 1 aliphatic heterocycles. The number of carbonyl (C=O) groups excluding carboxylic acids is 1. The number of rotatable bonds is 2. The second kappa shape index (κ2) is 5.85. The van der Waals surface area contributed by atoms with Crippen LogP contribution in [0, 0.1) is 11.3 Å². The lowest BCUT2D eigenvalue weighted by molar-refractivity contribution is 0.0663. The van der Waals surface area contributed by atoms with Crippen molar-refractivity contribution in [2.45, 2.75) is 18.9 Å². The van der Waals surface area contributed by atoms with Crippen LogP contribution in [-0.4, -0.2) is 48.9 Å². The van der Waals surface area contributed by atoms with Gasteiger partial charge < -0.3 is 9.80 Å². The number of hydrogen-bond donors (Lipinski definition) is 0. The minimum atomic E-state index is 0.0710. The normalized spacial score (nSPS) is 16.4. The van der Waals surface area contributed by atoms with E-state index in [0.29, 0.717) is 17.2 Å². The molecule has 0 saturated carbocycles. The molecule has 0 radical (unpaired) electrons. The molecular weight excluding hydrogens is 238 g/mol. The van der Waals surface area contributed by atoms with Crippen LogP contribution >= 0.6 is 0 Å². The lowest BCUT2D eigenvalue weighted by atomic mass is 10.0. The third-order valence-electron chi connectivity index (χ3n) is 3.74. The maximum Gasteiger partial charge on any atom is 0.253 e.